The van der Waals surface area contributed by atoms with Gasteiger partial charge in [-0.25, -0.2) is 0 Å². The van der Waals surface area contributed by atoms with E-state index in [0.717, 1.165) is 17.3 Å². The molecule has 0 amide bonds. The molecule has 0 spiro atoms. The lowest BCUT2D eigenvalue weighted by Crippen LogP contribution is -2.12. The second-order valence-corrected chi connectivity index (χ2v) is 5.84. The molecule has 88 valence electrons. The molecule has 1 rings (SSSR count). The first kappa shape index (κ1) is 13.4. The van der Waals surface area contributed by atoms with Crippen molar-refractivity contribution < 1.29 is 4.79 Å². The fraction of sp³-hybridized carbons (Fsp3) is 0.500. The Morgan fingerprint density at radius 2 is 2.00 bits per heavy atom. The Labute approximate surface area is 106 Å². The van der Waals surface area contributed by atoms with Crippen molar-refractivity contribution in [1.82, 2.24) is 0 Å². The molecule has 1 aromatic rings. The Balaban J connectivity index is 2.86. The number of hydrogen-bond acceptors (Lipinski definition) is 1. The maximum Gasteiger partial charge on any atom is 0.162 e. The van der Waals surface area contributed by atoms with Crippen LogP contribution in [0.1, 0.15) is 49.5 Å². The van der Waals surface area contributed by atoms with Crippen molar-refractivity contribution >= 4 is 21.7 Å². The summed E-state index contributed by atoms with van der Waals surface area (Å²) in [5, 5.41) is 0.887. The van der Waals surface area contributed by atoms with Gasteiger partial charge in [0.25, 0.3) is 0 Å². The van der Waals surface area contributed by atoms with E-state index in [1.165, 1.54) is 5.56 Å². The first-order chi connectivity index (χ1) is 7.45. The highest BCUT2D eigenvalue weighted by Gasteiger charge is 2.15. The van der Waals surface area contributed by atoms with E-state index in [-0.39, 0.29) is 11.2 Å². The fourth-order valence-electron chi connectivity index (χ4n) is 1.53. The molecule has 16 heavy (non-hydrogen) atoms. The number of rotatable bonds is 4. The van der Waals surface area contributed by atoms with Gasteiger partial charge in [-0.2, -0.15) is 0 Å². The number of benzene rings is 1. The minimum Gasteiger partial charge on any atom is -0.294 e. The summed E-state index contributed by atoms with van der Waals surface area (Å²) in [7, 11) is 0. The third-order valence-electron chi connectivity index (χ3n) is 2.59. The van der Waals surface area contributed by atoms with Crippen LogP contribution in [-0.4, -0.2) is 11.1 Å². The number of halogens is 1. The predicted octanol–water partition coefficient (Wildman–Crippen LogP) is 4.34. The van der Waals surface area contributed by atoms with Gasteiger partial charge in [0, 0.05) is 17.3 Å². The number of alkyl halides is 1. The van der Waals surface area contributed by atoms with Crippen molar-refractivity contribution in [2.75, 3.05) is 5.33 Å². The number of carbonyl (C=O) groups excluding carboxylic acids is 1. The molecular formula is C14H19BrO. The highest BCUT2D eigenvalue weighted by molar-refractivity contribution is 9.09. The van der Waals surface area contributed by atoms with Gasteiger partial charge in [0.2, 0.25) is 0 Å². The second-order valence-electron chi connectivity index (χ2n) is 5.05. The van der Waals surface area contributed by atoms with Gasteiger partial charge in [-0.3, -0.25) is 4.79 Å². The van der Waals surface area contributed by atoms with E-state index in [9.17, 15) is 4.79 Å². The molecule has 0 radical (unpaired) electrons. The first-order valence-corrected chi connectivity index (χ1v) is 6.77. The van der Waals surface area contributed by atoms with Crippen LogP contribution in [0.5, 0.6) is 0 Å². The molecule has 2 heteroatoms. The van der Waals surface area contributed by atoms with Crippen LogP contribution in [0, 0.1) is 0 Å². The topological polar surface area (TPSA) is 17.1 Å². The maximum absolute atomic E-state index is 11.9. The van der Waals surface area contributed by atoms with Gasteiger partial charge in [-0.15, -0.1) is 0 Å². The zero-order chi connectivity index (χ0) is 12.2. The lowest BCUT2D eigenvalue weighted by molar-refractivity contribution is 0.0982. The lowest BCUT2D eigenvalue weighted by Gasteiger charge is -2.19. The Bertz CT molecular complexity index is 363. The van der Waals surface area contributed by atoms with E-state index in [1.54, 1.807) is 0 Å². The van der Waals surface area contributed by atoms with Crippen LogP contribution in [0.4, 0.5) is 0 Å². The molecule has 0 unspecified atom stereocenters. The summed E-state index contributed by atoms with van der Waals surface area (Å²) in [6, 6.07) is 7.99. The highest BCUT2D eigenvalue weighted by Crippen LogP contribution is 2.23. The Kier molecular flexibility index (Phi) is 4.72. The smallest absolute Gasteiger partial charge is 0.162 e. The molecule has 0 saturated heterocycles. The number of Topliss-reactive ketones (excluding diaryl/α,β-unsaturated/α-hetero) is 1. The average molecular weight is 283 g/mol. The third kappa shape index (κ3) is 3.75. The average Bonchev–Trinajstić information content (AvgIpc) is 2.25. The molecule has 0 aromatic heterocycles. The van der Waals surface area contributed by atoms with E-state index in [2.05, 4.69) is 42.8 Å². The summed E-state index contributed by atoms with van der Waals surface area (Å²) >= 11 is 3.34. The number of carbonyl (C=O) groups is 1. The minimum atomic E-state index is 0.103. The van der Waals surface area contributed by atoms with Crippen LogP contribution in [0.2, 0.25) is 0 Å². The summed E-state index contributed by atoms with van der Waals surface area (Å²) in [6.07, 6.45) is 1.53. The molecule has 0 aliphatic carbocycles. The SMILES string of the molecule is CC(C)(C)c1cccc(C(=O)CCCBr)c1. The summed E-state index contributed by atoms with van der Waals surface area (Å²) in [4.78, 5) is 11.9. The normalized spacial score (nSPS) is 11.5. The molecule has 1 aromatic carbocycles. The van der Waals surface area contributed by atoms with Crippen molar-refractivity contribution in [2.45, 2.75) is 39.0 Å². The van der Waals surface area contributed by atoms with Gasteiger partial charge >= 0.3 is 0 Å². The van der Waals surface area contributed by atoms with Gasteiger partial charge in [0.05, 0.1) is 0 Å². The van der Waals surface area contributed by atoms with Crippen LogP contribution >= 0.6 is 15.9 Å². The minimum absolute atomic E-state index is 0.103. The van der Waals surface area contributed by atoms with Gasteiger partial charge in [-0.05, 0) is 23.5 Å². The molecule has 0 aliphatic heterocycles. The summed E-state index contributed by atoms with van der Waals surface area (Å²) in [6.45, 7) is 6.49. The Hall–Kier alpha value is -0.630. The monoisotopic (exact) mass is 282 g/mol. The van der Waals surface area contributed by atoms with Gasteiger partial charge in [0.15, 0.2) is 5.78 Å². The summed E-state index contributed by atoms with van der Waals surface area (Å²) in [5.41, 5.74) is 2.16. The van der Waals surface area contributed by atoms with E-state index < -0.39 is 0 Å². The quantitative estimate of drug-likeness (QED) is 0.593. The fourth-order valence-corrected chi connectivity index (χ4v) is 1.81. The van der Waals surface area contributed by atoms with Crippen molar-refractivity contribution in [3.63, 3.8) is 0 Å². The second kappa shape index (κ2) is 5.62. The summed E-state index contributed by atoms with van der Waals surface area (Å²) in [5.74, 6) is 0.241. The van der Waals surface area contributed by atoms with Crippen LogP contribution in [0.25, 0.3) is 0 Å². The van der Waals surface area contributed by atoms with Gasteiger partial charge < -0.3 is 0 Å². The van der Waals surface area contributed by atoms with Crippen molar-refractivity contribution in [1.29, 1.82) is 0 Å². The standard InChI is InChI=1S/C14H19BrO/c1-14(2,3)12-7-4-6-11(10-12)13(16)8-5-9-15/h4,6-7,10H,5,8-9H2,1-3H3. The summed E-state index contributed by atoms with van der Waals surface area (Å²) < 4.78 is 0. The van der Waals surface area contributed by atoms with E-state index in [1.807, 2.05) is 18.2 Å². The Morgan fingerprint density at radius 3 is 2.56 bits per heavy atom. The zero-order valence-corrected chi connectivity index (χ0v) is 11.8. The first-order valence-electron chi connectivity index (χ1n) is 5.65. The van der Waals surface area contributed by atoms with Crippen LogP contribution in [0.15, 0.2) is 24.3 Å². The third-order valence-corrected chi connectivity index (χ3v) is 3.15. The molecule has 0 atom stereocenters. The van der Waals surface area contributed by atoms with Gasteiger partial charge in [0.1, 0.15) is 0 Å². The molecule has 0 N–H and O–H groups in total. The van der Waals surface area contributed by atoms with E-state index in [0.29, 0.717) is 6.42 Å². The number of ketones is 1. The van der Waals surface area contributed by atoms with E-state index in [4.69, 9.17) is 0 Å². The van der Waals surface area contributed by atoms with Crippen molar-refractivity contribution in [2.24, 2.45) is 0 Å². The van der Waals surface area contributed by atoms with Crippen molar-refractivity contribution in [3.05, 3.63) is 35.4 Å². The van der Waals surface area contributed by atoms with Crippen LogP contribution < -0.4 is 0 Å². The van der Waals surface area contributed by atoms with E-state index >= 15 is 0 Å². The van der Waals surface area contributed by atoms with Crippen LogP contribution in [-0.2, 0) is 5.41 Å². The van der Waals surface area contributed by atoms with Crippen LogP contribution in [0.3, 0.4) is 0 Å². The molecule has 0 heterocycles. The molecule has 1 nitrogen and oxygen atoms in total. The molecule has 0 fully saturated rings. The zero-order valence-electron chi connectivity index (χ0n) is 10.2. The highest BCUT2D eigenvalue weighted by atomic mass is 79.9. The Morgan fingerprint density at radius 1 is 1.31 bits per heavy atom. The molecular weight excluding hydrogens is 264 g/mol. The van der Waals surface area contributed by atoms with Gasteiger partial charge in [-0.1, -0.05) is 54.9 Å². The lowest BCUT2D eigenvalue weighted by atomic mass is 9.85. The molecule has 0 aliphatic rings. The number of hydrogen-bond donors (Lipinski definition) is 0. The largest absolute Gasteiger partial charge is 0.294 e. The molecule has 0 saturated carbocycles. The molecule has 0 bridgehead atoms. The predicted molar refractivity (Wildman–Crippen MR) is 72.5 cm³/mol. The van der Waals surface area contributed by atoms with Crippen molar-refractivity contribution in [3.8, 4) is 0 Å². The maximum atomic E-state index is 11.9.